The van der Waals surface area contributed by atoms with Crippen molar-refractivity contribution < 1.29 is 13.2 Å². The van der Waals surface area contributed by atoms with Gasteiger partial charge in [-0.2, -0.15) is 0 Å². The third kappa shape index (κ3) is 4.60. The Hall–Kier alpha value is -0.450. The fourth-order valence-corrected chi connectivity index (χ4v) is 2.04. The molecule has 0 bridgehead atoms. The smallest absolute Gasteiger partial charge is 0.261 e. The summed E-state index contributed by atoms with van der Waals surface area (Å²) in [5.74, 6) is 1.24. The van der Waals surface area contributed by atoms with E-state index in [1.165, 1.54) is 12.1 Å². The molecule has 0 heterocycles. The molecule has 16 heavy (non-hydrogen) atoms. The zero-order chi connectivity index (χ0) is 12.0. The lowest BCUT2D eigenvalue weighted by atomic mass is 10.3. The first kappa shape index (κ1) is 13.6. The van der Waals surface area contributed by atoms with E-state index in [9.17, 15) is 8.42 Å². The molecule has 0 saturated heterocycles. The van der Waals surface area contributed by atoms with Crippen LogP contribution in [-0.4, -0.2) is 20.9 Å². The summed E-state index contributed by atoms with van der Waals surface area (Å²) in [7, 11) is 1.52. The van der Waals surface area contributed by atoms with Gasteiger partial charge in [0, 0.05) is 16.6 Å². The molecule has 0 amide bonds. The van der Waals surface area contributed by atoms with Crippen LogP contribution >= 0.6 is 22.3 Å². The van der Waals surface area contributed by atoms with Gasteiger partial charge in [-0.25, -0.2) is 8.42 Å². The van der Waals surface area contributed by atoms with Crippen LogP contribution in [0.1, 0.15) is 12.8 Å². The average Bonchev–Trinajstić information content (AvgIpc) is 2.24. The Balaban J connectivity index is 2.52. The van der Waals surface area contributed by atoms with Crippen LogP contribution in [0.2, 0.25) is 0 Å². The van der Waals surface area contributed by atoms with E-state index in [1.807, 2.05) is 0 Å². The zero-order valence-corrected chi connectivity index (χ0v) is 10.9. The normalized spacial score (nSPS) is 11.4. The second-order valence-electron chi connectivity index (χ2n) is 3.15. The van der Waals surface area contributed by atoms with Crippen molar-refractivity contribution in [3.05, 3.63) is 24.3 Å². The molecule has 3 nitrogen and oxygen atoms in total. The Morgan fingerprint density at radius 1 is 1.12 bits per heavy atom. The highest BCUT2D eigenvalue weighted by atomic mass is 35.7. The minimum absolute atomic E-state index is 0.0716. The van der Waals surface area contributed by atoms with Crippen LogP contribution in [0.3, 0.4) is 0 Å². The molecule has 0 spiro atoms. The van der Waals surface area contributed by atoms with Crippen LogP contribution in [0.15, 0.2) is 29.2 Å². The fourth-order valence-electron chi connectivity index (χ4n) is 1.08. The second-order valence-corrected chi connectivity index (χ2v) is 6.10. The summed E-state index contributed by atoms with van der Waals surface area (Å²) in [5.41, 5.74) is 0. The van der Waals surface area contributed by atoms with Gasteiger partial charge in [0.25, 0.3) is 9.05 Å². The first-order valence-electron chi connectivity index (χ1n) is 4.77. The molecule has 0 unspecified atom stereocenters. The molecule has 1 aromatic rings. The Kier molecular flexibility index (Phi) is 5.38. The van der Waals surface area contributed by atoms with E-state index < -0.39 is 9.05 Å². The van der Waals surface area contributed by atoms with E-state index in [-0.39, 0.29) is 4.90 Å². The van der Waals surface area contributed by atoms with Crippen LogP contribution in [-0.2, 0) is 9.05 Å². The van der Waals surface area contributed by atoms with E-state index in [0.717, 1.165) is 12.8 Å². The maximum Gasteiger partial charge on any atom is 0.261 e. The predicted octanol–water partition coefficient (Wildman–Crippen LogP) is 3.01. The summed E-state index contributed by atoms with van der Waals surface area (Å²) in [6, 6.07) is 5.99. The Labute approximate surface area is 105 Å². The maximum atomic E-state index is 11.0. The molecule has 90 valence electrons. The second kappa shape index (κ2) is 6.33. The quantitative estimate of drug-likeness (QED) is 0.458. The van der Waals surface area contributed by atoms with Gasteiger partial charge in [0.2, 0.25) is 0 Å². The van der Waals surface area contributed by atoms with Gasteiger partial charge in [0.05, 0.1) is 11.5 Å². The molecule has 1 rings (SSSR count). The molecular formula is C10H12Cl2O3S. The van der Waals surface area contributed by atoms with Gasteiger partial charge >= 0.3 is 0 Å². The van der Waals surface area contributed by atoms with Gasteiger partial charge in [-0.05, 0) is 37.1 Å². The van der Waals surface area contributed by atoms with E-state index in [1.54, 1.807) is 12.1 Å². The van der Waals surface area contributed by atoms with Crippen molar-refractivity contribution in [2.45, 2.75) is 17.7 Å². The monoisotopic (exact) mass is 282 g/mol. The van der Waals surface area contributed by atoms with Gasteiger partial charge in [0.15, 0.2) is 0 Å². The number of hydrogen-bond acceptors (Lipinski definition) is 3. The minimum Gasteiger partial charge on any atom is -0.494 e. The highest BCUT2D eigenvalue weighted by molar-refractivity contribution is 8.13. The molecule has 0 aromatic heterocycles. The molecule has 0 saturated carbocycles. The third-order valence-corrected chi connectivity index (χ3v) is 3.54. The van der Waals surface area contributed by atoms with Crippen molar-refractivity contribution in [1.82, 2.24) is 0 Å². The molecule has 0 aliphatic carbocycles. The van der Waals surface area contributed by atoms with E-state index in [4.69, 9.17) is 27.0 Å². The predicted molar refractivity (Wildman–Crippen MR) is 64.9 cm³/mol. The highest BCUT2D eigenvalue weighted by Gasteiger charge is 2.08. The zero-order valence-electron chi connectivity index (χ0n) is 8.53. The molecule has 0 atom stereocenters. The Morgan fingerprint density at radius 2 is 1.75 bits per heavy atom. The number of halogens is 2. The topological polar surface area (TPSA) is 43.4 Å². The molecule has 6 heteroatoms. The molecule has 0 fully saturated rings. The Morgan fingerprint density at radius 3 is 2.25 bits per heavy atom. The van der Waals surface area contributed by atoms with Gasteiger partial charge in [-0.1, -0.05) is 0 Å². The average molecular weight is 283 g/mol. The fraction of sp³-hybridized carbons (Fsp3) is 0.400. The van der Waals surface area contributed by atoms with Crippen molar-refractivity contribution in [3.63, 3.8) is 0 Å². The summed E-state index contributed by atoms with van der Waals surface area (Å²) < 4.78 is 27.3. The van der Waals surface area contributed by atoms with Crippen molar-refractivity contribution in [3.8, 4) is 5.75 Å². The number of alkyl halides is 1. The number of unbranched alkanes of at least 4 members (excludes halogenated alkanes) is 1. The van der Waals surface area contributed by atoms with E-state index >= 15 is 0 Å². The lowest BCUT2D eigenvalue weighted by Crippen LogP contribution is -1.98. The van der Waals surface area contributed by atoms with Gasteiger partial charge < -0.3 is 4.74 Å². The summed E-state index contributed by atoms with van der Waals surface area (Å²) in [5, 5.41) is 0. The van der Waals surface area contributed by atoms with Crippen molar-refractivity contribution >= 4 is 31.3 Å². The lowest BCUT2D eigenvalue weighted by molar-refractivity contribution is 0.309. The van der Waals surface area contributed by atoms with E-state index in [0.29, 0.717) is 18.2 Å². The maximum absolute atomic E-state index is 11.0. The SMILES string of the molecule is O=S(=O)(Cl)c1ccc(OCCCCCl)cc1. The van der Waals surface area contributed by atoms with Crippen LogP contribution in [0, 0.1) is 0 Å². The highest BCUT2D eigenvalue weighted by Crippen LogP contribution is 2.19. The van der Waals surface area contributed by atoms with Crippen LogP contribution < -0.4 is 4.74 Å². The third-order valence-electron chi connectivity index (χ3n) is 1.90. The van der Waals surface area contributed by atoms with Crippen LogP contribution in [0.5, 0.6) is 5.75 Å². The van der Waals surface area contributed by atoms with Crippen LogP contribution in [0.4, 0.5) is 0 Å². The molecule has 0 aliphatic rings. The Bertz CT molecular complexity index is 414. The van der Waals surface area contributed by atoms with Crippen molar-refractivity contribution in [2.75, 3.05) is 12.5 Å². The van der Waals surface area contributed by atoms with E-state index in [2.05, 4.69) is 0 Å². The van der Waals surface area contributed by atoms with Crippen molar-refractivity contribution in [1.29, 1.82) is 0 Å². The standard InChI is InChI=1S/C10H12Cl2O3S/c11-7-1-2-8-15-9-3-5-10(6-4-9)16(12,13)14/h3-6H,1-2,7-8H2. The number of ether oxygens (including phenoxy) is 1. The van der Waals surface area contributed by atoms with Crippen LogP contribution in [0.25, 0.3) is 0 Å². The minimum atomic E-state index is -3.65. The lowest BCUT2D eigenvalue weighted by Gasteiger charge is -2.05. The molecule has 1 aromatic carbocycles. The first-order chi connectivity index (χ1) is 7.54. The summed E-state index contributed by atoms with van der Waals surface area (Å²) in [6.07, 6.45) is 1.77. The largest absolute Gasteiger partial charge is 0.494 e. The van der Waals surface area contributed by atoms with Gasteiger partial charge in [-0.3, -0.25) is 0 Å². The number of benzene rings is 1. The molecule has 0 aliphatic heterocycles. The van der Waals surface area contributed by atoms with Crippen molar-refractivity contribution in [2.24, 2.45) is 0 Å². The summed E-state index contributed by atoms with van der Waals surface area (Å²) in [6.45, 7) is 0.569. The molecule has 0 radical (unpaired) electrons. The van der Waals surface area contributed by atoms with Gasteiger partial charge in [0.1, 0.15) is 5.75 Å². The number of rotatable bonds is 6. The molecular weight excluding hydrogens is 271 g/mol. The molecule has 0 N–H and O–H groups in total. The summed E-state index contributed by atoms with van der Waals surface area (Å²) in [4.78, 5) is 0.0716. The first-order valence-corrected chi connectivity index (χ1v) is 7.62. The van der Waals surface area contributed by atoms with Gasteiger partial charge in [-0.15, -0.1) is 11.6 Å². The number of hydrogen-bond donors (Lipinski definition) is 0. The summed E-state index contributed by atoms with van der Waals surface area (Å²) >= 11 is 5.52.